The van der Waals surface area contributed by atoms with Crippen LogP contribution in [0.1, 0.15) is 23.7 Å². The number of aromatic nitrogens is 1. The molecular formula is C29H28N2O5. The summed E-state index contributed by atoms with van der Waals surface area (Å²) >= 11 is 0. The van der Waals surface area contributed by atoms with Gasteiger partial charge in [0, 0.05) is 16.8 Å². The predicted molar refractivity (Wildman–Crippen MR) is 139 cm³/mol. The number of methoxy groups -OCH3 is 2. The van der Waals surface area contributed by atoms with Crippen molar-refractivity contribution in [3.8, 4) is 39.9 Å². The third kappa shape index (κ3) is 4.47. The monoisotopic (exact) mass is 484 g/mol. The van der Waals surface area contributed by atoms with Gasteiger partial charge in [0.1, 0.15) is 18.1 Å². The van der Waals surface area contributed by atoms with Crippen LogP contribution in [0.4, 0.5) is 0 Å². The van der Waals surface area contributed by atoms with Crippen LogP contribution in [0.2, 0.25) is 0 Å². The van der Waals surface area contributed by atoms with Gasteiger partial charge in [0.05, 0.1) is 31.3 Å². The molecule has 1 aliphatic rings. The number of oxime groups is 1. The molecule has 0 bridgehead atoms. The van der Waals surface area contributed by atoms with Gasteiger partial charge in [-0.15, -0.1) is 0 Å². The predicted octanol–water partition coefficient (Wildman–Crippen LogP) is 6.14. The summed E-state index contributed by atoms with van der Waals surface area (Å²) in [5, 5.41) is 4.44. The molecule has 0 aliphatic carbocycles. The van der Waals surface area contributed by atoms with Gasteiger partial charge >= 0.3 is 0 Å². The van der Waals surface area contributed by atoms with Gasteiger partial charge in [-0.3, -0.25) is 0 Å². The second-order valence-electron chi connectivity index (χ2n) is 8.41. The molecule has 0 saturated heterocycles. The molecule has 0 N–H and O–H groups in total. The zero-order chi connectivity index (χ0) is 25.1. The van der Waals surface area contributed by atoms with Gasteiger partial charge in [0.2, 0.25) is 6.79 Å². The zero-order valence-corrected chi connectivity index (χ0v) is 20.8. The lowest BCUT2D eigenvalue weighted by atomic mass is 10.1. The maximum atomic E-state index is 5.73. The highest BCUT2D eigenvalue weighted by Crippen LogP contribution is 2.35. The van der Waals surface area contributed by atoms with E-state index in [1.54, 1.807) is 14.2 Å². The van der Waals surface area contributed by atoms with Gasteiger partial charge in [-0.05, 0) is 61.9 Å². The van der Waals surface area contributed by atoms with Crippen LogP contribution in [0.5, 0.6) is 23.0 Å². The first-order valence-electron chi connectivity index (χ1n) is 11.6. The average Bonchev–Trinajstić information content (AvgIpc) is 3.52. The van der Waals surface area contributed by atoms with Crippen LogP contribution >= 0.6 is 0 Å². The maximum absolute atomic E-state index is 5.73. The Hall–Kier alpha value is -4.39. The van der Waals surface area contributed by atoms with Crippen molar-refractivity contribution in [3.63, 3.8) is 0 Å². The summed E-state index contributed by atoms with van der Waals surface area (Å²) in [7, 11) is 3.35. The number of rotatable bonds is 8. The van der Waals surface area contributed by atoms with E-state index in [0.29, 0.717) is 6.61 Å². The molecule has 0 radical (unpaired) electrons. The summed E-state index contributed by atoms with van der Waals surface area (Å²) in [5.41, 5.74) is 6.67. The number of para-hydroxylation sites is 2. The van der Waals surface area contributed by atoms with Crippen molar-refractivity contribution in [1.82, 2.24) is 4.57 Å². The molecule has 36 heavy (non-hydrogen) atoms. The quantitative estimate of drug-likeness (QED) is 0.222. The highest BCUT2D eigenvalue weighted by Gasteiger charge is 2.20. The van der Waals surface area contributed by atoms with E-state index in [2.05, 4.69) is 28.8 Å². The molecule has 0 atom stereocenters. The molecule has 0 amide bonds. The fraction of sp³-hybridized carbons (Fsp3) is 0.207. The molecule has 0 saturated carbocycles. The second kappa shape index (κ2) is 10.1. The Balaban J connectivity index is 1.51. The minimum absolute atomic E-state index is 0.245. The van der Waals surface area contributed by atoms with Crippen molar-refractivity contribution >= 4 is 5.71 Å². The Labute approximate surface area is 210 Å². The molecule has 2 heterocycles. The van der Waals surface area contributed by atoms with Gasteiger partial charge in [-0.25, -0.2) is 0 Å². The minimum atomic E-state index is 0.245. The number of hydrogen-bond donors (Lipinski definition) is 0. The number of hydrogen-bond acceptors (Lipinski definition) is 6. The summed E-state index contributed by atoms with van der Waals surface area (Å²) < 4.78 is 24.2. The highest BCUT2D eigenvalue weighted by molar-refractivity contribution is 6.01. The van der Waals surface area contributed by atoms with Gasteiger partial charge in [0.15, 0.2) is 11.5 Å². The molecule has 0 fully saturated rings. The molecule has 7 nitrogen and oxygen atoms in total. The van der Waals surface area contributed by atoms with Crippen molar-refractivity contribution in [2.45, 2.75) is 20.5 Å². The van der Waals surface area contributed by atoms with Crippen molar-refractivity contribution in [3.05, 3.63) is 89.6 Å². The Morgan fingerprint density at radius 1 is 0.917 bits per heavy atom. The third-order valence-electron chi connectivity index (χ3n) is 6.20. The second-order valence-corrected chi connectivity index (χ2v) is 8.41. The lowest BCUT2D eigenvalue weighted by molar-refractivity contribution is 0.130. The fourth-order valence-electron chi connectivity index (χ4n) is 4.38. The summed E-state index contributed by atoms with van der Waals surface area (Å²) in [6.07, 6.45) is 0. The molecule has 1 aromatic heterocycles. The first-order valence-corrected chi connectivity index (χ1v) is 11.6. The van der Waals surface area contributed by atoms with Crippen molar-refractivity contribution in [2.75, 3.05) is 21.0 Å². The standard InChI is InChI=1S/C29H28N2O5/c1-19(30-36-17-21-12-13-28-29(14-21)35-18-34-28)24-16-26(22-8-7-9-23(15-22)32-3)31(20(24)2)25-10-5-6-11-27(25)33-4/h5-16H,17-18H2,1-4H3/b30-19-. The highest BCUT2D eigenvalue weighted by atomic mass is 16.7. The first-order chi connectivity index (χ1) is 17.6. The van der Waals surface area contributed by atoms with Gasteiger partial charge in [-0.2, -0.15) is 0 Å². The molecule has 4 aromatic rings. The third-order valence-corrected chi connectivity index (χ3v) is 6.20. The number of benzene rings is 3. The molecular weight excluding hydrogens is 456 g/mol. The molecule has 3 aromatic carbocycles. The molecule has 0 unspecified atom stereocenters. The van der Waals surface area contributed by atoms with Crippen LogP contribution in [0, 0.1) is 6.92 Å². The Bertz CT molecular complexity index is 1420. The topological polar surface area (TPSA) is 63.4 Å². The summed E-state index contributed by atoms with van der Waals surface area (Å²) in [6, 6.07) is 23.8. The van der Waals surface area contributed by atoms with Crippen LogP contribution in [0.15, 0.2) is 78.0 Å². The van der Waals surface area contributed by atoms with Crippen molar-refractivity contribution in [2.24, 2.45) is 5.16 Å². The van der Waals surface area contributed by atoms with E-state index in [-0.39, 0.29) is 6.79 Å². The van der Waals surface area contributed by atoms with Crippen LogP contribution in [-0.2, 0) is 11.4 Å². The SMILES string of the molecule is COc1cccc(-c2cc(/C(C)=N\OCc3ccc4c(c3)OCO4)c(C)n2-c2ccccc2OC)c1. The van der Waals surface area contributed by atoms with E-state index in [1.165, 1.54) is 0 Å². The summed E-state index contributed by atoms with van der Waals surface area (Å²) in [6.45, 7) is 4.59. The first kappa shape index (κ1) is 23.4. The van der Waals surface area contributed by atoms with Crippen LogP contribution < -0.4 is 18.9 Å². The van der Waals surface area contributed by atoms with E-state index in [0.717, 1.165) is 62.5 Å². The number of ether oxygens (including phenoxy) is 4. The van der Waals surface area contributed by atoms with E-state index >= 15 is 0 Å². The van der Waals surface area contributed by atoms with E-state index in [1.807, 2.05) is 67.6 Å². The van der Waals surface area contributed by atoms with Crippen LogP contribution in [0.25, 0.3) is 16.9 Å². The number of fused-ring (bicyclic) bond motifs is 1. The van der Waals surface area contributed by atoms with Gasteiger partial charge in [-0.1, -0.05) is 35.5 Å². The molecule has 1 aliphatic heterocycles. The average molecular weight is 485 g/mol. The normalized spacial score (nSPS) is 12.5. The van der Waals surface area contributed by atoms with Crippen LogP contribution in [-0.4, -0.2) is 31.3 Å². The van der Waals surface area contributed by atoms with E-state index in [4.69, 9.17) is 23.8 Å². The van der Waals surface area contributed by atoms with Crippen LogP contribution in [0.3, 0.4) is 0 Å². The van der Waals surface area contributed by atoms with Crippen molar-refractivity contribution in [1.29, 1.82) is 0 Å². The lowest BCUT2D eigenvalue weighted by Gasteiger charge is -2.16. The molecule has 5 rings (SSSR count). The zero-order valence-electron chi connectivity index (χ0n) is 20.8. The minimum Gasteiger partial charge on any atom is -0.497 e. The van der Waals surface area contributed by atoms with E-state index in [9.17, 15) is 0 Å². The fourth-order valence-corrected chi connectivity index (χ4v) is 4.38. The number of nitrogens with zero attached hydrogens (tertiary/aromatic N) is 2. The Morgan fingerprint density at radius 2 is 1.75 bits per heavy atom. The van der Waals surface area contributed by atoms with Gasteiger partial charge < -0.3 is 28.4 Å². The maximum Gasteiger partial charge on any atom is 0.231 e. The molecule has 7 heteroatoms. The van der Waals surface area contributed by atoms with Crippen molar-refractivity contribution < 1.29 is 23.8 Å². The smallest absolute Gasteiger partial charge is 0.231 e. The molecule has 184 valence electrons. The molecule has 0 spiro atoms. The lowest BCUT2D eigenvalue weighted by Crippen LogP contribution is -2.04. The summed E-state index contributed by atoms with van der Waals surface area (Å²) in [5.74, 6) is 3.04. The summed E-state index contributed by atoms with van der Waals surface area (Å²) in [4.78, 5) is 5.73. The Kier molecular flexibility index (Phi) is 6.54. The van der Waals surface area contributed by atoms with E-state index < -0.39 is 0 Å². The van der Waals surface area contributed by atoms with Gasteiger partial charge in [0.25, 0.3) is 0 Å². The Morgan fingerprint density at radius 3 is 2.58 bits per heavy atom. The largest absolute Gasteiger partial charge is 0.497 e.